The lowest BCUT2D eigenvalue weighted by atomic mass is 9.63. The van der Waals surface area contributed by atoms with Crippen LogP contribution in [0.15, 0.2) is 41.8 Å². The molecule has 2 aliphatic rings. The number of benzene rings is 1. The summed E-state index contributed by atoms with van der Waals surface area (Å²) in [5.41, 5.74) is 2.67. The van der Waals surface area contributed by atoms with Crippen LogP contribution in [0.1, 0.15) is 52.0 Å². The third kappa shape index (κ3) is 5.23. The smallest absolute Gasteiger partial charge is 0.240 e. The average molecular weight is 458 g/mol. The molecule has 8 heteroatoms. The zero-order valence-corrected chi connectivity index (χ0v) is 20.0. The van der Waals surface area contributed by atoms with Gasteiger partial charge in [0.2, 0.25) is 10.0 Å². The van der Waals surface area contributed by atoms with Crippen LogP contribution in [0, 0.1) is 23.7 Å². The summed E-state index contributed by atoms with van der Waals surface area (Å²) in [7, 11) is -3.54. The van der Waals surface area contributed by atoms with Gasteiger partial charge in [0, 0.05) is 37.1 Å². The molecule has 1 aromatic heterocycles. The van der Waals surface area contributed by atoms with Crippen LogP contribution in [0.25, 0.3) is 0 Å². The lowest BCUT2D eigenvalue weighted by Gasteiger charge is -2.47. The molecule has 2 saturated carbocycles. The van der Waals surface area contributed by atoms with Crippen LogP contribution < -0.4 is 15.4 Å². The fraction of sp³-hybridized carbons (Fsp3) is 0.583. The number of fused-ring (bicyclic) bond motifs is 2. The second-order valence-electron chi connectivity index (χ2n) is 9.63. The lowest BCUT2D eigenvalue weighted by molar-refractivity contribution is 0.0964. The topological polar surface area (TPSA) is 96.0 Å². The van der Waals surface area contributed by atoms with Crippen molar-refractivity contribution in [2.45, 2.75) is 63.9 Å². The quantitative estimate of drug-likeness (QED) is 0.548. The Labute approximate surface area is 191 Å². The molecule has 4 rings (SSSR count). The van der Waals surface area contributed by atoms with Gasteiger partial charge < -0.3 is 10.6 Å². The minimum atomic E-state index is -3.54. The molecule has 174 valence electrons. The number of nitrogens with one attached hydrogen (secondary N) is 3. The first-order chi connectivity index (χ1) is 15.4. The van der Waals surface area contributed by atoms with Gasteiger partial charge >= 0.3 is 0 Å². The Morgan fingerprint density at radius 2 is 1.81 bits per heavy atom. The van der Waals surface area contributed by atoms with Crippen LogP contribution in [-0.2, 0) is 16.6 Å². The monoisotopic (exact) mass is 457 g/mol. The van der Waals surface area contributed by atoms with Crippen molar-refractivity contribution in [2.24, 2.45) is 23.7 Å². The van der Waals surface area contributed by atoms with Gasteiger partial charge in [-0.3, -0.25) is 0 Å². The predicted molar refractivity (Wildman–Crippen MR) is 128 cm³/mol. The SMILES string of the molecule is CCNS(=O)(=O)c1ccc(NC2C(C)CC3CC(C)CC2C3)c(NCc2cncnc2)c1. The van der Waals surface area contributed by atoms with E-state index in [4.69, 9.17) is 0 Å². The van der Waals surface area contributed by atoms with E-state index in [1.54, 1.807) is 31.5 Å². The highest BCUT2D eigenvalue weighted by atomic mass is 32.2. The van der Waals surface area contributed by atoms with Crippen LogP contribution in [-0.4, -0.2) is 31.0 Å². The minimum Gasteiger partial charge on any atom is -0.380 e. The Kier molecular flexibility index (Phi) is 7.00. The fourth-order valence-corrected chi connectivity index (χ4v) is 6.79. The van der Waals surface area contributed by atoms with E-state index in [1.807, 2.05) is 6.07 Å². The first-order valence-electron chi connectivity index (χ1n) is 11.7. The van der Waals surface area contributed by atoms with Crippen LogP contribution in [0.3, 0.4) is 0 Å². The number of rotatable bonds is 8. The molecule has 7 nitrogen and oxygen atoms in total. The van der Waals surface area contributed by atoms with E-state index < -0.39 is 10.0 Å². The Balaban J connectivity index is 1.61. The molecule has 2 bridgehead atoms. The molecule has 1 aromatic carbocycles. The first-order valence-corrected chi connectivity index (χ1v) is 13.2. The van der Waals surface area contributed by atoms with E-state index in [9.17, 15) is 8.42 Å². The van der Waals surface area contributed by atoms with Gasteiger partial charge in [0.05, 0.1) is 16.3 Å². The van der Waals surface area contributed by atoms with Crippen molar-refractivity contribution in [2.75, 3.05) is 17.2 Å². The van der Waals surface area contributed by atoms with Gasteiger partial charge in [-0.25, -0.2) is 23.1 Å². The summed E-state index contributed by atoms with van der Waals surface area (Å²) < 4.78 is 27.8. The highest BCUT2D eigenvalue weighted by molar-refractivity contribution is 7.89. The van der Waals surface area contributed by atoms with E-state index in [2.05, 4.69) is 39.2 Å². The summed E-state index contributed by atoms with van der Waals surface area (Å²) in [6, 6.07) is 5.71. The van der Waals surface area contributed by atoms with E-state index in [0.29, 0.717) is 31.0 Å². The molecule has 5 atom stereocenters. The molecule has 32 heavy (non-hydrogen) atoms. The minimum absolute atomic E-state index is 0.264. The summed E-state index contributed by atoms with van der Waals surface area (Å²) in [5.74, 6) is 2.87. The van der Waals surface area contributed by atoms with Crippen molar-refractivity contribution < 1.29 is 8.42 Å². The Morgan fingerprint density at radius 3 is 2.56 bits per heavy atom. The number of hydrogen-bond donors (Lipinski definition) is 3. The number of aromatic nitrogens is 2. The van der Waals surface area contributed by atoms with Crippen molar-refractivity contribution in [3.05, 3.63) is 42.5 Å². The normalized spacial score (nSPS) is 27.7. The molecule has 2 fully saturated rings. The van der Waals surface area contributed by atoms with E-state index in [1.165, 1.54) is 32.0 Å². The summed E-state index contributed by atoms with van der Waals surface area (Å²) in [4.78, 5) is 8.41. The van der Waals surface area contributed by atoms with Gasteiger partial charge in [-0.1, -0.05) is 20.8 Å². The molecule has 2 aliphatic carbocycles. The molecule has 5 unspecified atom stereocenters. The van der Waals surface area contributed by atoms with Crippen LogP contribution in [0.2, 0.25) is 0 Å². The van der Waals surface area contributed by atoms with Crippen LogP contribution >= 0.6 is 0 Å². The molecule has 0 amide bonds. The molecule has 0 saturated heterocycles. The van der Waals surface area contributed by atoms with Gasteiger partial charge in [0.1, 0.15) is 6.33 Å². The molecule has 0 spiro atoms. The summed E-state index contributed by atoms with van der Waals surface area (Å²) in [6.45, 7) is 7.38. The summed E-state index contributed by atoms with van der Waals surface area (Å²) in [5, 5.41) is 7.23. The maximum absolute atomic E-state index is 12.6. The lowest BCUT2D eigenvalue weighted by Crippen LogP contribution is -2.45. The van der Waals surface area contributed by atoms with Gasteiger partial charge in [-0.2, -0.15) is 0 Å². The number of sulfonamides is 1. The zero-order chi connectivity index (χ0) is 22.7. The van der Waals surface area contributed by atoms with Gasteiger partial charge in [0.25, 0.3) is 0 Å². The Morgan fingerprint density at radius 1 is 1.03 bits per heavy atom. The fourth-order valence-electron chi connectivity index (χ4n) is 5.72. The van der Waals surface area contributed by atoms with Crippen molar-refractivity contribution in [1.82, 2.24) is 14.7 Å². The van der Waals surface area contributed by atoms with Crippen molar-refractivity contribution >= 4 is 21.4 Å². The van der Waals surface area contributed by atoms with E-state index >= 15 is 0 Å². The van der Waals surface area contributed by atoms with Crippen molar-refractivity contribution in [1.29, 1.82) is 0 Å². The van der Waals surface area contributed by atoms with Gasteiger partial charge in [-0.15, -0.1) is 0 Å². The van der Waals surface area contributed by atoms with Crippen molar-refractivity contribution in [3.63, 3.8) is 0 Å². The molecular weight excluding hydrogens is 422 g/mol. The molecule has 2 aromatic rings. The second kappa shape index (κ2) is 9.75. The zero-order valence-electron chi connectivity index (χ0n) is 19.2. The standard InChI is InChI=1S/C24H35N5O2S/c1-4-28-32(30,31)21-5-6-22(23(11-21)27-14-19-12-25-15-26-13-19)29-24-17(3)9-18-7-16(2)8-20(24)10-18/h5-6,11-13,15-18,20,24,27-29H,4,7-10,14H2,1-3H3. The molecule has 0 radical (unpaired) electrons. The van der Waals surface area contributed by atoms with Crippen LogP contribution in [0.4, 0.5) is 11.4 Å². The van der Waals surface area contributed by atoms with Gasteiger partial charge in [0.15, 0.2) is 0 Å². The predicted octanol–water partition coefficient (Wildman–Crippen LogP) is 4.26. The maximum Gasteiger partial charge on any atom is 0.240 e. The average Bonchev–Trinajstić information content (AvgIpc) is 2.75. The van der Waals surface area contributed by atoms with E-state index in [-0.39, 0.29) is 4.90 Å². The third-order valence-corrected chi connectivity index (χ3v) is 8.50. The van der Waals surface area contributed by atoms with Crippen molar-refractivity contribution in [3.8, 4) is 0 Å². The van der Waals surface area contributed by atoms with E-state index in [0.717, 1.165) is 28.8 Å². The highest BCUT2D eigenvalue weighted by Crippen LogP contribution is 2.46. The summed E-state index contributed by atoms with van der Waals surface area (Å²) in [6.07, 6.45) is 10.2. The Hall–Kier alpha value is -2.19. The van der Waals surface area contributed by atoms with Gasteiger partial charge in [-0.05, 0) is 67.6 Å². The molecule has 3 N–H and O–H groups in total. The highest BCUT2D eigenvalue weighted by Gasteiger charge is 2.40. The molecule has 1 heterocycles. The Bertz CT molecular complexity index is 1010. The number of nitrogens with zero attached hydrogens (tertiary/aromatic N) is 2. The third-order valence-electron chi connectivity index (χ3n) is 6.96. The largest absolute Gasteiger partial charge is 0.380 e. The number of anilines is 2. The first kappa shape index (κ1) is 23.0. The molecule has 0 aliphatic heterocycles. The maximum atomic E-state index is 12.6. The van der Waals surface area contributed by atoms with Crippen LogP contribution in [0.5, 0.6) is 0 Å². The second-order valence-corrected chi connectivity index (χ2v) is 11.4. The number of hydrogen-bond acceptors (Lipinski definition) is 6. The summed E-state index contributed by atoms with van der Waals surface area (Å²) >= 11 is 0. The molecular formula is C24H35N5O2S.